The predicted molar refractivity (Wildman–Crippen MR) is 74.2 cm³/mol. The van der Waals surface area contributed by atoms with E-state index in [2.05, 4.69) is 15.4 Å². The standard InChI is InChI=1S/C14H19N3O2/c1-12-4-2-3-5-13(12)10-15-16-14(18)11-17-6-8-19-9-7-17/h2-5,10H,6-9,11H2,1H3,(H,16,18)/b15-10+. The Morgan fingerprint density at radius 1 is 1.42 bits per heavy atom. The lowest BCUT2D eigenvalue weighted by Crippen LogP contribution is -2.42. The molecule has 1 heterocycles. The second-order valence-electron chi connectivity index (χ2n) is 4.54. The van der Waals surface area contributed by atoms with Crippen molar-refractivity contribution in [3.05, 3.63) is 35.4 Å². The Morgan fingerprint density at radius 3 is 2.89 bits per heavy atom. The summed E-state index contributed by atoms with van der Waals surface area (Å²) in [5, 5.41) is 3.99. The van der Waals surface area contributed by atoms with Crippen LogP contribution in [0.1, 0.15) is 11.1 Å². The van der Waals surface area contributed by atoms with Crippen molar-refractivity contribution < 1.29 is 9.53 Å². The molecule has 1 saturated heterocycles. The third-order valence-electron chi connectivity index (χ3n) is 3.05. The molecule has 0 aliphatic carbocycles. The van der Waals surface area contributed by atoms with Gasteiger partial charge in [-0.05, 0) is 18.1 Å². The van der Waals surface area contributed by atoms with Crippen LogP contribution in [0.15, 0.2) is 29.4 Å². The lowest BCUT2D eigenvalue weighted by atomic mass is 10.1. The number of morpholine rings is 1. The first-order valence-corrected chi connectivity index (χ1v) is 6.43. The van der Waals surface area contributed by atoms with Crippen LogP contribution in [-0.4, -0.2) is 49.9 Å². The molecule has 1 fully saturated rings. The van der Waals surface area contributed by atoms with Gasteiger partial charge in [-0.3, -0.25) is 9.69 Å². The van der Waals surface area contributed by atoms with Crippen LogP contribution >= 0.6 is 0 Å². The number of nitrogens with one attached hydrogen (secondary N) is 1. The van der Waals surface area contributed by atoms with Crippen LogP contribution in [0.25, 0.3) is 0 Å². The van der Waals surface area contributed by atoms with E-state index in [0.717, 1.165) is 24.2 Å². The summed E-state index contributed by atoms with van der Waals surface area (Å²) in [6.45, 7) is 5.37. The summed E-state index contributed by atoms with van der Waals surface area (Å²) < 4.78 is 5.23. The van der Waals surface area contributed by atoms with E-state index in [1.807, 2.05) is 31.2 Å². The highest BCUT2D eigenvalue weighted by Gasteiger charge is 2.13. The van der Waals surface area contributed by atoms with Gasteiger partial charge in [-0.1, -0.05) is 24.3 Å². The zero-order valence-corrected chi connectivity index (χ0v) is 11.1. The minimum Gasteiger partial charge on any atom is -0.379 e. The van der Waals surface area contributed by atoms with Crippen molar-refractivity contribution in [2.45, 2.75) is 6.92 Å². The van der Waals surface area contributed by atoms with E-state index < -0.39 is 0 Å². The van der Waals surface area contributed by atoms with Crippen molar-refractivity contribution >= 4 is 12.1 Å². The van der Waals surface area contributed by atoms with E-state index in [-0.39, 0.29) is 5.91 Å². The minimum atomic E-state index is -0.0910. The van der Waals surface area contributed by atoms with Gasteiger partial charge in [0.2, 0.25) is 0 Å². The maximum atomic E-state index is 11.7. The van der Waals surface area contributed by atoms with Crippen LogP contribution in [0.3, 0.4) is 0 Å². The van der Waals surface area contributed by atoms with E-state index >= 15 is 0 Å². The largest absolute Gasteiger partial charge is 0.379 e. The van der Waals surface area contributed by atoms with Gasteiger partial charge in [0.15, 0.2) is 0 Å². The van der Waals surface area contributed by atoms with Gasteiger partial charge in [-0.2, -0.15) is 5.10 Å². The van der Waals surface area contributed by atoms with Crippen LogP contribution in [0.5, 0.6) is 0 Å². The van der Waals surface area contributed by atoms with Crippen LogP contribution in [-0.2, 0) is 9.53 Å². The maximum Gasteiger partial charge on any atom is 0.254 e. The first-order valence-electron chi connectivity index (χ1n) is 6.43. The van der Waals surface area contributed by atoms with Crippen LogP contribution in [0, 0.1) is 6.92 Å². The van der Waals surface area contributed by atoms with E-state index in [0.29, 0.717) is 19.8 Å². The molecule has 2 rings (SSSR count). The fourth-order valence-corrected chi connectivity index (χ4v) is 1.90. The number of amides is 1. The average molecular weight is 261 g/mol. The second-order valence-corrected chi connectivity index (χ2v) is 4.54. The molecule has 1 aliphatic rings. The highest BCUT2D eigenvalue weighted by molar-refractivity contribution is 5.84. The van der Waals surface area contributed by atoms with Gasteiger partial charge in [0.05, 0.1) is 26.0 Å². The van der Waals surface area contributed by atoms with Crippen molar-refractivity contribution in [2.24, 2.45) is 5.10 Å². The Labute approximate surface area is 113 Å². The molecule has 1 aromatic rings. The fraction of sp³-hybridized carbons (Fsp3) is 0.429. The quantitative estimate of drug-likeness (QED) is 0.643. The Balaban J connectivity index is 1.78. The molecule has 102 valence electrons. The monoisotopic (exact) mass is 261 g/mol. The highest BCUT2D eigenvalue weighted by Crippen LogP contribution is 2.03. The molecule has 1 aromatic carbocycles. The summed E-state index contributed by atoms with van der Waals surface area (Å²) in [4.78, 5) is 13.7. The number of nitrogens with zero attached hydrogens (tertiary/aromatic N) is 2. The van der Waals surface area contributed by atoms with Gasteiger partial charge in [0.1, 0.15) is 0 Å². The van der Waals surface area contributed by atoms with Gasteiger partial charge < -0.3 is 4.74 Å². The molecule has 19 heavy (non-hydrogen) atoms. The maximum absolute atomic E-state index is 11.7. The normalized spacial score (nSPS) is 16.7. The fourth-order valence-electron chi connectivity index (χ4n) is 1.90. The molecule has 0 aromatic heterocycles. The molecular formula is C14H19N3O2. The van der Waals surface area contributed by atoms with Crippen molar-refractivity contribution in [3.63, 3.8) is 0 Å². The minimum absolute atomic E-state index is 0.0910. The van der Waals surface area contributed by atoms with E-state index in [1.54, 1.807) is 6.21 Å². The molecule has 0 bridgehead atoms. The van der Waals surface area contributed by atoms with Gasteiger partial charge in [0.25, 0.3) is 5.91 Å². The van der Waals surface area contributed by atoms with E-state index in [9.17, 15) is 4.79 Å². The molecule has 1 N–H and O–H groups in total. The number of carbonyl (C=O) groups is 1. The molecule has 5 heteroatoms. The summed E-state index contributed by atoms with van der Waals surface area (Å²) in [7, 11) is 0. The zero-order valence-electron chi connectivity index (χ0n) is 11.1. The zero-order chi connectivity index (χ0) is 13.5. The molecule has 5 nitrogen and oxygen atoms in total. The van der Waals surface area contributed by atoms with Gasteiger partial charge in [-0.15, -0.1) is 0 Å². The number of carbonyl (C=O) groups excluding carboxylic acids is 1. The SMILES string of the molecule is Cc1ccccc1/C=N/NC(=O)CN1CCOCC1. The summed E-state index contributed by atoms with van der Waals surface area (Å²) in [5.41, 5.74) is 4.70. The van der Waals surface area contributed by atoms with Crippen LogP contribution in [0.4, 0.5) is 0 Å². The number of ether oxygens (including phenoxy) is 1. The van der Waals surface area contributed by atoms with E-state index in [4.69, 9.17) is 4.74 Å². The summed E-state index contributed by atoms with van der Waals surface area (Å²) in [6, 6.07) is 7.90. The predicted octanol–water partition coefficient (Wildman–Crippen LogP) is 0.777. The lowest BCUT2D eigenvalue weighted by molar-refractivity contribution is -0.123. The molecule has 0 saturated carbocycles. The van der Waals surface area contributed by atoms with Crippen molar-refractivity contribution in [2.75, 3.05) is 32.8 Å². The Bertz CT molecular complexity index is 454. The molecule has 0 spiro atoms. The Kier molecular flexibility index (Phi) is 5.06. The summed E-state index contributed by atoms with van der Waals surface area (Å²) >= 11 is 0. The summed E-state index contributed by atoms with van der Waals surface area (Å²) in [5.74, 6) is -0.0910. The average Bonchev–Trinajstić information content (AvgIpc) is 2.42. The van der Waals surface area contributed by atoms with E-state index in [1.165, 1.54) is 0 Å². The molecule has 0 unspecified atom stereocenters. The summed E-state index contributed by atoms with van der Waals surface area (Å²) in [6.07, 6.45) is 1.67. The number of rotatable bonds is 4. The molecule has 1 aliphatic heterocycles. The van der Waals surface area contributed by atoms with Crippen LogP contribution in [0.2, 0.25) is 0 Å². The third-order valence-corrected chi connectivity index (χ3v) is 3.05. The number of hydrazone groups is 1. The smallest absolute Gasteiger partial charge is 0.254 e. The van der Waals surface area contributed by atoms with Crippen molar-refractivity contribution in [3.8, 4) is 0 Å². The lowest BCUT2D eigenvalue weighted by Gasteiger charge is -2.25. The molecular weight excluding hydrogens is 242 g/mol. The van der Waals surface area contributed by atoms with Gasteiger partial charge in [0, 0.05) is 13.1 Å². The molecule has 0 atom stereocenters. The molecule has 0 radical (unpaired) electrons. The van der Waals surface area contributed by atoms with Gasteiger partial charge in [-0.25, -0.2) is 5.43 Å². The van der Waals surface area contributed by atoms with Crippen molar-refractivity contribution in [1.82, 2.24) is 10.3 Å². The second kappa shape index (κ2) is 7.01. The third kappa shape index (κ3) is 4.46. The van der Waals surface area contributed by atoms with Gasteiger partial charge >= 0.3 is 0 Å². The van der Waals surface area contributed by atoms with Crippen molar-refractivity contribution in [1.29, 1.82) is 0 Å². The Morgan fingerprint density at radius 2 is 2.16 bits per heavy atom. The number of hydrogen-bond donors (Lipinski definition) is 1. The highest BCUT2D eigenvalue weighted by atomic mass is 16.5. The first-order chi connectivity index (χ1) is 9.25. The molecule has 1 amide bonds. The Hall–Kier alpha value is -1.72. The first kappa shape index (κ1) is 13.7. The number of aryl methyl sites for hydroxylation is 1. The van der Waals surface area contributed by atoms with Crippen LogP contribution < -0.4 is 5.43 Å². The number of hydrogen-bond acceptors (Lipinski definition) is 4. The topological polar surface area (TPSA) is 53.9 Å². The number of benzene rings is 1.